The van der Waals surface area contributed by atoms with Crippen LogP contribution in [0.5, 0.6) is 5.75 Å². The van der Waals surface area contributed by atoms with Gasteiger partial charge in [0, 0.05) is 29.6 Å². The van der Waals surface area contributed by atoms with Crippen molar-refractivity contribution in [2.45, 2.75) is 31.9 Å². The fourth-order valence-corrected chi connectivity index (χ4v) is 2.84. The molecule has 3 rings (SSSR count). The molecule has 2 aromatic rings. The predicted molar refractivity (Wildman–Crippen MR) is 83.6 cm³/mol. The highest BCUT2D eigenvalue weighted by atomic mass is 35.5. The number of ether oxygens (including phenoxy) is 1. The lowest BCUT2D eigenvalue weighted by Gasteiger charge is -2.21. The zero-order valence-corrected chi connectivity index (χ0v) is 12.7. The molecule has 110 valence electrons. The third-order valence-corrected chi connectivity index (χ3v) is 4.07. The summed E-state index contributed by atoms with van der Waals surface area (Å²) in [7, 11) is 0. The van der Waals surface area contributed by atoms with Crippen molar-refractivity contribution in [3.63, 3.8) is 0 Å². The topological polar surface area (TPSA) is 47.0 Å². The molecule has 0 aromatic carbocycles. The summed E-state index contributed by atoms with van der Waals surface area (Å²) in [6.07, 6.45) is 7.65. The molecule has 4 nitrogen and oxygen atoms in total. The zero-order chi connectivity index (χ0) is 14.7. The monoisotopic (exact) mass is 303 g/mol. The Kier molecular flexibility index (Phi) is 4.36. The first-order valence-corrected chi connectivity index (χ1v) is 7.58. The van der Waals surface area contributed by atoms with Gasteiger partial charge in [-0.3, -0.25) is 4.98 Å². The fraction of sp³-hybridized carbons (Fsp3) is 0.375. The Hall–Kier alpha value is -1.65. The van der Waals surface area contributed by atoms with E-state index in [0.29, 0.717) is 11.2 Å². The van der Waals surface area contributed by atoms with E-state index in [1.807, 2.05) is 18.2 Å². The van der Waals surface area contributed by atoms with Crippen LogP contribution in [0.3, 0.4) is 0 Å². The maximum atomic E-state index is 6.19. The quantitative estimate of drug-likeness (QED) is 0.880. The summed E-state index contributed by atoms with van der Waals surface area (Å²) >= 11 is 6.19. The van der Waals surface area contributed by atoms with Crippen LogP contribution in [-0.4, -0.2) is 28.7 Å². The van der Waals surface area contributed by atoms with Gasteiger partial charge < -0.3 is 10.1 Å². The van der Waals surface area contributed by atoms with Crippen LogP contribution in [0, 0.1) is 0 Å². The molecule has 3 heterocycles. The van der Waals surface area contributed by atoms with E-state index in [2.05, 4.69) is 22.2 Å². The molecule has 21 heavy (non-hydrogen) atoms. The first kappa shape index (κ1) is 14.3. The van der Waals surface area contributed by atoms with Crippen molar-refractivity contribution in [3.05, 3.63) is 41.9 Å². The lowest BCUT2D eigenvalue weighted by Crippen LogP contribution is -2.36. The van der Waals surface area contributed by atoms with Crippen molar-refractivity contribution < 1.29 is 4.74 Å². The van der Waals surface area contributed by atoms with Crippen LogP contribution in [-0.2, 0) is 0 Å². The van der Waals surface area contributed by atoms with E-state index in [1.165, 1.54) is 6.42 Å². The van der Waals surface area contributed by atoms with E-state index in [0.717, 1.165) is 29.8 Å². The van der Waals surface area contributed by atoms with Gasteiger partial charge in [-0.05, 0) is 38.4 Å². The Balaban J connectivity index is 1.80. The molecule has 5 heteroatoms. The molecule has 1 N–H and O–H groups in total. The van der Waals surface area contributed by atoms with Crippen molar-refractivity contribution in [2.75, 3.05) is 6.54 Å². The van der Waals surface area contributed by atoms with E-state index >= 15 is 0 Å². The van der Waals surface area contributed by atoms with Crippen LogP contribution < -0.4 is 10.1 Å². The van der Waals surface area contributed by atoms with Gasteiger partial charge >= 0.3 is 0 Å². The van der Waals surface area contributed by atoms with Crippen molar-refractivity contribution in [1.82, 2.24) is 15.3 Å². The molecule has 0 bridgehead atoms. The van der Waals surface area contributed by atoms with Gasteiger partial charge in [-0.1, -0.05) is 17.7 Å². The number of nitrogens with zero attached hydrogens (tertiary/aromatic N) is 2. The van der Waals surface area contributed by atoms with Crippen molar-refractivity contribution in [2.24, 2.45) is 0 Å². The average Bonchev–Trinajstić information content (AvgIpc) is 3.04. The van der Waals surface area contributed by atoms with Crippen LogP contribution in [0.15, 0.2) is 36.8 Å². The van der Waals surface area contributed by atoms with E-state index in [9.17, 15) is 0 Å². The molecule has 0 aliphatic carbocycles. The maximum Gasteiger partial charge on any atom is 0.138 e. The number of pyridine rings is 2. The lowest BCUT2D eigenvalue weighted by atomic mass is 10.1. The predicted octanol–water partition coefficient (Wildman–Crippen LogP) is 3.32. The van der Waals surface area contributed by atoms with Gasteiger partial charge in [-0.15, -0.1) is 0 Å². The van der Waals surface area contributed by atoms with Crippen LogP contribution >= 0.6 is 11.6 Å². The molecule has 0 amide bonds. The van der Waals surface area contributed by atoms with Gasteiger partial charge in [0.1, 0.15) is 17.0 Å². The zero-order valence-electron chi connectivity index (χ0n) is 11.9. The molecule has 1 unspecified atom stereocenters. The maximum absolute atomic E-state index is 6.19. The molecule has 0 saturated carbocycles. The number of halogens is 1. The number of rotatable bonds is 4. The summed E-state index contributed by atoms with van der Waals surface area (Å²) < 4.78 is 6.01. The van der Waals surface area contributed by atoms with Gasteiger partial charge in [-0.2, -0.15) is 0 Å². The summed E-state index contributed by atoms with van der Waals surface area (Å²) in [5, 5.41) is 3.91. The molecule has 2 atom stereocenters. The molecule has 0 radical (unpaired) electrons. The van der Waals surface area contributed by atoms with E-state index in [4.69, 9.17) is 16.3 Å². The minimum Gasteiger partial charge on any atom is -0.487 e. The number of hydrogen-bond acceptors (Lipinski definition) is 4. The average molecular weight is 304 g/mol. The Morgan fingerprint density at radius 1 is 1.43 bits per heavy atom. The number of aromatic nitrogens is 2. The van der Waals surface area contributed by atoms with E-state index in [-0.39, 0.29) is 6.10 Å². The molecular formula is C16H18ClN3O. The summed E-state index contributed by atoms with van der Waals surface area (Å²) in [4.78, 5) is 8.35. The van der Waals surface area contributed by atoms with Gasteiger partial charge in [0.2, 0.25) is 0 Å². The van der Waals surface area contributed by atoms with E-state index in [1.54, 1.807) is 18.6 Å². The Morgan fingerprint density at radius 2 is 2.33 bits per heavy atom. The summed E-state index contributed by atoms with van der Waals surface area (Å²) in [6, 6.07) is 6.17. The number of hydrogen-bond donors (Lipinski definition) is 1. The van der Waals surface area contributed by atoms with Gasteiger partial charge in [-0.25, -0.2) is 4.98 Å². The van der Waals surface area contributed by atoms with Crippen LogP contribution in [0.25, 0.3) is 11.1 Å². The Bertz CT molecular complexity index is 600. The largest absolute Gasteiger partial charge is 0.487 e. The highest BCUT2D eigenvalue weighted by molar-refractivity contribution is 6.32. The first-order chi connectivity index (χ1) is 10.2. The Labute approximate surface area is 129 Å². The smallest absolute Gasteiger partial charge is 0.138 e. The summed E-state index contributed by atoms with van der Waals surface area (Å²) in [6.45, 7) is 3.15. The normalized spacial score (nSPS) is 19.4. The second kappa shape index (κ2) is 6.41. The highest BCUT2D eigenvalue weighted by Crippen LogP contribution is 2.29. The minimum absolute atomic E-state index is 0.109. The van der Waals surface area contributed by atoms with E-state index < -0.39 is 0 Å². The third kappa shape index (κ3) is 3.34. The van der Waals surface area contributed by atoms with Gasteiger partial charge in [0.05, 0.1) is 6.20 Å². The Morgan fingerprint density at radius 3 is 3.05 bits per heavy atom. The molecule has 1 aliphatic heterocycles. The second-order valence-electron chi connectivity index (χ2n) is 5.28. The summed E-state index contributed by atoms with van der Waals surface area (Å²) in [5.74, 6) is 0.736. The molecule has 1 aliphatic rings. The lowest BCUT2D eigenvalue weighted by molar-refractivity contribution is 0.179. The molecule has 1 fully saturated rings. The molecule has 2 aromatic heterocycles. The van der Waals surface area contributed by atoms with Crippen LogP contribution in [0.2, 0.25) is 5.15 Å². The van der Waals surface area contributed by atoms with Gasteiger partial charge in [0.15, 0.2) is 0 Å². The van der Waals surface area contributed by atoms with Crippen molar-refractivity contribution in [1.29, 1.82) is 0 Å². The molecule has 0 spiro atoms. The summed E-state index contributed by atoms with van der Waals surface area (Å²) in [5.41, 5.74) is 1.78. The molecule has 1 saturated heterocycles. The van der Waals surface area contributed by atoms with Crippen molar-refractivity contribution in [3.8, 4) is 16.9 Å². The number of nitrogens with one attached hydrogen (secondary N) is 1. The highest BCUT2D eigenvalue weighted by Gasteiger charge is 2.22. The third-order valence-electron chi connectivity index (χ3n) is 3.77. The first-order valence-electron chi connectivity index (χ1n) is 7.20. The molecular weight excluding hydrogens is 286 g/mol. The SMILES string of the molecule is CC(Oc1cnc(Cl)c(-c2cccnc2)c1)[C@@H]1CCCN1. The van der Waals surface area contributed by atoms with Gasteiger partial charge in [0.25, 0.3) is 0 Å². The second-order valence-corrected chi connectivity index (χ2v) is 5.63. The van der Waals surface area contributed by atoms with Crippen LogP contribution in [0.4, 0.5) is 0 Å². The standard InChI is InChI=1S/C16H18ClN3O/c1-11(15-5-3-7-19-15)21-13-8-14(16(17)20-10-13)12-4-2-6-18-9-12/h2,4,6,8-11,15,19H,3,5,7H2,1H3/t11?,15-/m0/s1. The fourth-order valence-electron chi connectivity index (χ4n) is 2.63. The minimum atomic E-state index is 0.109. The van der Waals surface area contributed by atoms with Crippen LogP contribution in [0.1, 0.15) is 19.8 Å². The van der Waals surface area contributed by atoms with Crippen molar-refractivity contribution >= 4 is 11.6 Å².